The monoisotopic (exact) mass is 341 g/mol. The Kier molecular flexibility index (Phi) is 4.18. The van der Waals surface area contributed by atoms with Crippen LogP contribution >= 0.6 is 38.9 Å². The summed E-state index contributed by atoms with van der Waals surface area (Å²) in [5.41, 5.74) is 0.500. The van der Waals surface area contributed by atoms with Crippen molar-refractivity contribution >= 4 is 49.5 Å². The van der Waals surface area contributed by atoms with Crippen LogP contribution < -0.4 is 0 Å². The standard InChI is InChI=1S/C13H6BrClFNS/c14-10-4-1-3-8(13(10)16)12(15)9(7-17)11-5-2-6-18-11/h1-6H/b12-9+. The molecular formula is C13H6BrClFNS. The SMILES string of the molecule is N#C/C(=C(\Cl)c1cccc(Br)c1F)c1cccs1. The van der Waals surface area contributed by atoms with E-state index in [0.29, 0.717) is 4.47 Å². The van der Waals surface area contributed by atoms with Gasteiger partial charge in [0.2, 0.25) is 0 Å². The van der Waals surface area contributed by atoms with E-state index in [9.17, 15) is 4.39 Å². The van der Waals surface area contributed by atoms with Gasteiger partial charge < -0.3 is 0 Å². The third kappa shape index (κ3) is 2.49. The molecule has 1 heterocycles. The van der Waals surface area contributed by atoms with Crippen molar-refractivity contribution in [2.75, 3.05) is 0 Å². The van der Waals surface area contributed by atoms with Gasteiger partial charge in [0.25, 0.3) is 0 Å². The number of nitrogens with zero attached hydrogens (tertiary/aromatic N) is 1. The quantitative estimate of drug-likeness (QED) is 0.681. The van der Waals surface area contributed by atoms with E-state index in [-0.39, 0.29) is 16.2 Å². The number of benzene rings is 1. The first-order valence-corrected chi connectivity index (χ1v) is 6.98. The molecule has 0 aliphatic heterocycles. The third-order valence-corrected chi connectivity index (χ3v) is 4.18. The first kappa shape index (κ1) is 13.3. The van der Waals surface area contributed by atoms with Crippen LogP contribution in [0.3, 0.4) is 0 Å². The smallest absolute Gasteiger partial charge is 0.146 e. The second kappa shape index (κ2) is 5.66. The average molecular weight is 343 g/mol. The van der Waals surface area contributed by atoms with Gasteiger partial charge in [0.1, 0.15) is 11.9 Å². The van der Waals surface area contributed by atoms with Crippen LogP contribution in [0.2, 0.25) is 0 Å². The molecule has 0 amide bonds. The van der Waals surface area contributed by atoms with E-state index >= 15 is 0 Å². The minimum atomic E-state index is -0.466. The highest BCUT2D eigenvalue weighted by atomic mass is 79.9. The maximum absolute atomic E-state index is 13.9. The Balaban J connectivity index is 2.62. The normalized spacial score (nSPS) is 11.9. The lowest BCUT2D eigenvalue weighted by atomic mass is 10.1. The molecular weight excluding hydrogens is 337 g/mol. The zero-order valence-electron chi connectivity index (χ0n) is 8.95. The van der Waals surface area contributed by atoms with Crippen molar-refractivity contribution in [3.63, 3.8) is 0 Å². The largest absolute Gasteiger partial charge is 0.205 e. The lowest BCUT2D eigenvalue weighted by Crippen LogP contribution is -1.89. The number of hydrogen-bond acceptors (Lipinski definition) is 2. The predicted molar refractivity (Wildman–Crippen MR) is 76.7 cm³/mol. The summed E-state index contributed by atoms with van der Waals surface area (Å²) in [5, 5.41) is 11.1. The lowest BCUT2D eigenvalue weighted by Gasteiger charge is -2.05. The van der Waals surface area contributed by atoms with E-state index < -0.39 is 5.82 Å². The molecule has 2 aromatic rings. The highest BCUT2D eigenvalue weighted by Gasteiger charge is 2.15. The first-order valence-electron chi connectivity index (χ1n) is 4.93. The molecule has 0 fully saturated rings. The van der Waals surface area contributed by atoms with Crippen LogP contribution in [0.25, 0.3) is 10.6 Å². The predicted octanol–water partition coefficient (Wildman–Crippen LogP) is 5.28. The Hall–Kier alpha value is -1.15. The average Bonchev–Trinajstić information content (AvgIpc) is 2.87. The van der Waals surface area contributed by atoms with Crippen LogP contribution in [-0.4, -0.2) is 0 Å². The summed E-state index contributed by atoms with van der Waals surface area (Å²) in [7, 11) is 0. The van der Waals surface area contributed by atoms with Crippen molar-refractivity contribution in [2.24, 2.45) is 0 Å². The van der Waals surface area contributed by atoms with Crippen molar-refractivity contribution in [1.29, 1.82) is 5.26 Å². The topological polar surface area (TPSA) is 23.8 Å². The first-order chi connectivity index (χ1) is 8.65. The molecule has 1 aromatic carbocycles. The molecule has 2 rings (SSSR count). The zero-order chi connectivity index (χ0) is 13.1. The fourth-order valence-electron chi connectivity index (χ4n) is 1.44. The highest BCUT2D eigenvalue weighted by molar-refractivity contribution is 9.10. The molecule has 0 aliphatic rings. The molecule has 0 bridgehead atoms. The van der Waals surface area contributed by atoms with E-state index in [2.05, 4.69) is 15.9 Å². The molecule has 5 heteroatoms. The van der Waals surface area contributed by atoms with Gasteiger partial charge in [-0.05, 0) is 33.4 Å². The summed E-state index contributed by atoms with van der Waals surface area (Å²) in [6.45, 7) is 0. The van der Waals surface area contributed by atoms with E-state index in [1.54, 1.807) is 24.3 Å². The van der Waals surface area contributed by atoms with Gasteiger partial charge in [-0.2, -0.15) is 5.26 Å². The lowest BCUT2D eigenvalue weighted by molar-refractivity contribution is 0.618. The zero-order valence-corrected chi connectivity index (χ0v) is 12.1. The molecule has 0 spiro atoms. The summed E-state index contributed by atoms with van der Waals surface area (Å²) < 4.78 is 14.2. The van der Waals surface area contributed by atoms with Gasteiger partial charge >= 0.3 is 0 Å². The summed E-state index contributed by atoms with van der Waals surface area (Å²) in [6.07, 6.45) is 0. The molecule has 18 heavy (non-hydrogen) atoms. The molecule has 90 valence electrons. The van der Waals surface area contributed by atoms with Crippen molar-refractivity contribution in [3.8, 4) is 6.07 Å². The van der Waals surface area contributed by atoms with Crippen LogP contribution in [0.1, 0.15) is 10.4 Å². The number of hydrogen-bond donors (Lipinski definition) is 0. The molecule has 0 saturated heterocycles. The minimum absolute atomic E-state index is 0.124. The second-order valence-corrected chi connectivity index (χ2v) is 5.56. The number of rotatable bonds is 2. The van der Waals surface area contributed by atoms with Crippen molar-refractivity contribution in [3.05, 3.63) is 56.4 Å². The molecule has 0 saturated carbocycles. The molecule has 1 nitrogen and oxygen atoms in total. The van der Waals surface area contributed by atoms with Gasteiger partial charge in [-0.25, -0.2) is 4.39 Å². The van der Waals surface area contributed by atoms with Crippen LogP contribution in [0.15, 0.2) is 40.2 Å². The fourth-order valence-corrected chi connectivity index (χ4v) is 2.88. The Bertz CT molecular complexity index is 644. The van der Waals surface area contributed by atoms with Gasteiger partial charge in [0.05, 0.1) is 15.1 Å². The number of nitriles is 1. The van der Waals surface area contributed by atoms with Gasteiger partial charge in [-0.15, -0.1) is 11.3 Å². The second-order valence-electron chi connectivity index (χ2n) is 3.38. The summed E-state index contributed by atoms with van der Waals surface area (Å²) >= 11 is 10.6. The van der Waals surface area contributed by atoms with Crippen molar-refractivity contribution < 1.29 is 4.39 Å². The highest BCUT2D eigenvalue weighted by Crippen LogP contribution is 2.34. The Morgan fingerprint density at radius 1 is 1.33 bits per heavy atom. The number of halogens is 3. The maximum Gasteiger partial charge on any atom is 0.146 e. The van der Waals surface area contributed by atoms with E-state index in [1.165, 1.54) is 11.3 Å². The molecule has 0 aliphatic carbocycles. The van der Waals surface area contributed by atoms with Crippen LogP contribution in [0.4, 0.5) is 4.39 Å². The summed E-state index contributed by atoms with van der Waals surface area (Å²) in [6, 6.07) is 10.4. The molecule has 1 aromatic heterocycles. The van der Waals surface area contributed by atoms with Crippen molar-refractivity contribution in [2.45, 2.75) is 0 Å². The third-order valence-electron chi connectivity index (χ3n) is 2.29. The van der Waals surface area contributed by atoms with E-state index in [1.807, 2.05) is 17.5 Å². The molecule has 0 atom stereocenters. The molecule has 0 unspecified atom stereocenters. The Morgan fingerprint density at radius 3 is 2.72 bits per heavy atom. The van der Waals surface area contributed by atoms with Gasteiger partial charge in [-0.3, -0.25) is 0 Å². The van der Waals surface area contributed by atoms with Crippen LogP contribution in [-0.2, 0) is 0 Å². The van der Waals surface area contributed by atoms with Crippen LogP contribution in [0.5, 0.6) is 0 Å². The Labute approximate surface area is 121 Å². The minimum Gasteiger partial charge on any atom is -0.205 e. The number of allylic oxidation sites excluding steroid dienone is 1. The summed E-state index contributed by atoms with van der Waals surface area (Å²) in [5.74, 6) is -0.466. The van der Waals surface area contributed by atoms with Gasteiger partial charge in [0, 0.05) is 10.4 Å². The van der Waals surface area contributed by atoms with E-state index in [0.717, 1.165) is 4.88 Å². The van der Waals surface area contributed by atoms with Crippen LogP contribution in [0, 0.1) is 17.1 Å². The van der Waals surface area contributed by atoms with E-state index in [4.69, 9.17) is 16.9 Å². The summed E-state index contributed by atoms with van der Waals surface area (Å²) in [4.78, 5) is 0.724. The van der Waals surface area contributed by atoms with Crippen molar-refractivity contribution in [1.82, 2.24) is 0 Å². The Morgan fingerprint density at radius 2 is 2.11 bits per heavy atom. The maximum atomic E-state index is 13.9. The molecule has 0 N–H and O–H groups in total. The van der Waals surface area contributed by atoms with Gasteiger partial charge in [0.15, 0.2) is 0 Å². The van der Waals surface area contributed by atoms with Gasteiger partial charge in [-0.1, -0.05) is 29.8 Å². The number of thiophene rings is 1. The fraction of sp³-hybridized carbons (Fsp3) is 0. The molecule has 0 radical (unpaired) electrons.